The standard InChI is InChI=1S/C19H21BrN6/c1-13-18(20)19(26-8-6-21-7-9-26)17(12-24-13)25-11-14-2-3-15-16(10-14)23-5-4-22-15/h2-5,10,12,21,25H,6-9,11H2,1H3. The first kappa shape index (κ1) is 17.2. The summed E-state index contributed by atoms with van der Waals surface area (Å²) in [5.74, 6) is 0. The van der Waals surface area contributed by atoms with E-state index >= 15 is 0 Å². The van der Waals surface area contributed by atoms with Crippen LogP contribution in [0.2, 0.25) is 0 Å². The number of aromatic nitrogens is 3. The van der Waals surface area contributed by atoms with Gasteiger partial charge in [-0.25, -0.2) is 0 Å². The normalized spacial score (nSPS) is 14.6. The highest BCUT2D eigenvalue weighted by atomic mass is 79.9. The Balaban J connectivity index is 1.59. The number of halogens is 1. The number of anilines is 2. The summed E-state index contributed by atoms with van der Waals surface area (Å²) in [6.07, 6.45) is 5.37. The number of nitrogens with one attached hydrogen (secondary N) is 2. The fourth-order valence-electron chi connectivity index (χ4n) is 3.21. The number of fused-ring (bicyclic) bond motifs is 1. The van der Waals surface area contributed by atoms with Crippen LogP contribution in [0.3, 0.4) is 0 Å². The Labute approximate surface area is 161 Å². The Hall–Kier alpha value is -2.25. The van der Waals surface area contributed by atoms with Gasteiger partial charge >= 0.3 is 0 Å². The van der Waals surface area contributed by atoms with Gasteiger partial charge in [0.15, 0.2) is 0 Å². The van der Waals surface area contributed by atoms with Gasteiger partial charge in [-0.15, -0.1) is 0 Å². The number of aryl methyl sites for hydroxylation is 1. The largest absolute Gasteiger partial charge is 0.378 e. The van der Waals surface area contributed by atoms with E-state index in [2.05, 4.69) is 58.5 Å². The Kier molecular flexibility index (Phi) is 4.99. The van der Waals surface area contributed by atoms with Crippen LogP contribution in [0.4, 0.5) is 11.4 Å². The second-order valence-corrected chi connectivity index (χ2v) is 7.18. The highest BCUT2D eigenvalue weighted by molar-refractivity contribution is 9.10. The molecule has 134 valence electrons. The Bertz CT molecular complexity index is 923. The number of nitrogens with zero attached hydrogens (tertiary/aromatic N) is 4. The van der Waals surface area contributed by atoms with Crippen molar-refractivity contribution < 1.29 is 0 Å². The number of pyridine rings is 1. The number of piperazine rings is 1. The predicted molar refractivity (Wildman–Crippen MR) is 109 cm³/mol. The first-order chi connectivity index (χ1) is 12.7. The van der Waals surface area contributed by atoms with Gasteiger partial charge in [-0.2, -0.15) is 0 Å². The zero-order chi connectivity index (χ0) is 17.9. The smallest absolute Gasteiger partial charge is 0.0890 e. The molecule has 0 amide bonds. The minimum absolute atomic E-state index is 0.711. The molecule has 2 N–H and O–H groups in total. The van der Waals surface area contributed by atoms with E-state index in [1.54, 1.807) is 12.4 Å². The molecule has 7 heteroatoms. The Morgan fingerprint density at radius 2 is 1.88 bits per heavy atom. The molecule has 1 fully saturated rings. The van der Waals surface area contributed by atoms with Crippen LogP contribution in [0.15, 0.2) is 41.3 Å². The van der Waals surface area contributed by atoms with Crippen molar-refractivity contribution in [3.63, 3.8) is 0 Å². The Morgan fingerprint density at radius 3 is 2.69 bits per heavy atom. The van der Waals surface area contributed by atoms with Crippen molar-refractivity contribution in [3.05, 3.63) is 52.5 Å². The first-order valence-electron chi connectivity index (χ1n) is 8.76. The quantitative estimate of drug-likeness (QED) is 0.685. The lowest BCUT2D eigenvalue weighted by atomic mass is 10.1. The molecule has 1 aliphatic heterocycles. The van der Waals surface area contributed by atoms with Gasteiger partial charge in [-0.3, -0.25) is 15.0 Å². The van der Waals surface area contributed by atoms with Crippen molar-refractivity contribution >= 4 is 38.3 Å². The fourth-order valence-corrected chi connectivity index (χ4v) is 3.78. The molecular formula is C19H21BrN6. The van der Waals surface area contributed by atoms with Gasteiger partial charge in [0.05, 0.1) is 38.8 Å². The zero-order valence-electron chi connectivity index (χ0n) is 14.7. The third kappa shape index (κ3) is 3.50. The molecule has 1 aliphatic rings. The topological polar surface area (TPSA) is 66.0 Å². The lowest BCUT2D eigenvalue weighted by molar-refractivity contribution is 0.588. The molecule has 26 heavy (non-hydrogen) atoms. The maximum absolute atomic E-state index is 4.52. The van der Waals surface area contributed by atoms with Gasteiger partial charge in [0.25, 0.3) is 0 Å². The lowest BCUT2D eigenvalue weighted by Crippen LogP contribution is -2.44. The molecule has 2 aromatic heterocycles. The van der Waals surface area contributed by atoms with E-state index in [-0.39, 0.29) is 0 Å². The van der Waals surface area contributed by atoms with E-state index < -0.39 is 0 Å². The molecular weight excluding hydrogens is 392 g/mol. The molecule has 1 aromatic carbocycles. The van der Waals surface area contributed by atoms with Crippen LogP contribution in [0, 0.1) is 6.92 Å². The second-order valence-electron chi connectivity index (χ2n) is 6.39. The van der Waals surface area contributed by atoms with E-state index in [1.165, 1.54) is 11.3 Å². The van der Waals surface area contributed by atoms with E-state index in [4.69, 9.17) is 0 Å². The molecule has 3 aromatic rings. The van der Waals surface area contributed by atoms with Gasteiger partial charge in [0.2, 0.25) is 0 Å². The molecule has 0 bridgehead atoms. The first-order valence-corrected chi connectivity index (χ1v) is 9.56. The van der Waals surface area contributed by atoms with Crippen LogP contribution in [0.5, 0.6) is 0 Å². The summed E-state index contributed by atoms with van der Waals surface area (Å²) in [7, 11) is 0. The molecule has 0 radical (unpaired) electrons. The zero-order valence-corrected chi connectivity index (χ0v) is 16.3. The van der Waals surface area contributed by atoms with Crippen molar-refractivity contribution in [1.82, 2.24) is 20.3 Å². The minimum atomic E-state index is 0.711. The summed E-state index contributed by atoms with van der Waals surface area (Å²) < 4.78 is 1.06. The predicted octanol–water partition coefficient (Wildman–Crippen LogP) is 3.12. The van der Waals surface area contributed by atoms with Crippen LogP contribution < -0.4 is 15.5 Å². The molecule has 3 heterocycles. The number of hydrogen-bond donors (Lipinski definition) is 2. The minimum Gasteiger partial charge on any atom is -0.378 e. The van der Waals surface area contributed by atoms with Crippen LogP contribution in [-0.2, 0) is 6.54 Å². The van der Waals surface area contributed by atoms with Crippen molar-refractivity contribution in [3.8, 4) is 0 Å². The number of hydrogen-bond acceptors (Lipinski definition) is 6. The van der Waals surface area contributed by atoms with E-state index in [1.807, 2.05) is 19.2 Å². The summed E-state index contributed by atoms with van der Waals surface area (Å²) in [5.41, 5.74) is 6.24. The van der Waals surface area contributed by atoms with Gasteiger partial charge in [0.1, 0.15) is 0 Å². The van der Waals surface area contributed by atoms with Crippen molar-refractivity contribution in [2.75, 3.05) is 36.4 Å². The van der Waals surface area contributed by atoms with E-state index in [0.717, 1.165) is 53.1 Å². The molecule has 0 spiro atoms. The molecule has 1 saturated heterocycles. The van der Waals surface area contributed by atoms with Crippen LogP contribution in [0.25, 0.3) is 11.0 Å². The average molecular weight is 413 g/mol. The highest BCUT2D eigenvalue weighted by Gasteiger charge is 2.19. The van der Waals surface area contributed by atoms with Gasteiger partial charge in [-0.05, 0) is 40.5 Å². The maximum Gasteiger partial charge on any atom is 0.0890 e. The molecule has 0 atom stereocenters. The monoisotopic (exact) mass is 412 g/mol. The van der Waals surface area contributed by atoms with Crippen molar-refractivity contribution in [1.29, 1.82) is 0 Å². The van der Waals surface area contributed by atoms with Crippen LogP contribution in [-0.4, -0.2) is 41.1 Å². The number of rotatable bonds is 4. The van der Waals surface area contributed by atoms with Crippen molar-refractivity contribution in [2.45, 2.75) is 13.5 Å². The molecule has 0 aliphatic carbocycles. The molecule has 6 nitrogen and oxygen atoms in total. The Morgan fingerprint density at radius 1 is 1.12 bits per heavy atom. The molecule has 0 unspecified atom stereocenters. The van der Waals surface area contributed by atoms with Gasteiger partial charge in [-0.1, -0.05) is 6.07 Å². The van der Waals surface area contributed by atoms with Crippen LogP contribution in [0.1, 0.15) is 11.3 Å². The third-order valence-corrected chi connectivity index (χ3v) is 5.57. The average Bonchev–Trinajstić information content (AvgIpc) is 2.69. The summed E-state index contributed by atoms with van der Waals surface area (Å²) in [4.78, 5) is 15.6. The van der Waals surface area contributed by atoms with E-state index in [0.29, 0.717) is 6.54 Å². The van der Waals surface area contributed by atoms with Gasteiger partial charge < -0.3 is 15.5 Å². The highest BCUT2D eigenvalue weighted by Crippen LogP contribution is 2.36. The third-order valence-electron chi connectivity index (χ3n) is 4.62. The summed E-state index contributed by atoms with van der Waals surface area (Å²) in [5, 5.41) is 6.96. The summed E-state index contributed by atoms with van der Waals surface area (Å²) in [6.45, 7) is 6.71. The SMILES string of the molecule is Cc1ncc(NCc2ccc3nccnc3c2)c(N2CCNCC2)c1Br. The molecule has 4 rings (SSSR count). The van der Waals surface area contributed by atoms with Crippen molar-refractivity contribution in [2.24, 2.45) is 0 Å². The summed E-state index contributed by atoms with van der Waals surface area (Å²) in [6, 6.07) is 6.18. The van der Waals surface area contributed by atoms with Crippen LogP contribution >= 0.6 is 15.9 Å². The second kappa shape index (κ2) is 7.55. The number of benzene rings is 1. The van der Waals surface area contributed by atoms with Gasteiger partial charge in [0, 0.05) is 45.1 Å². The fraction of sp³-hybridized carbons (Fsp3) is 0.316. The molecule has 0 saturated carbocycles. The van der Waals surface area contributed by atoms with E-state index in [9.17, 15) is 0 Å². The summed E-state index contributed by atoms with van der Waals surface area (Å²) >= 11 is 3.74. The maximum atomic E-state index is 4.52. The lowest BCUT2D eigenvalue weighted by Gasteiger charge is -2.32.